The summed E-state index contributed by atoms with van der Waals surface area (Å²) in [5.41, 5.74) is 0. The van der Waals surface area contributed by atoms with Crippen LogP contribution in [0.3, 0.4) is 0 Å². The first-order valence-corrected chi connectivity index (χ1v) is 4.51. The molecule has 0 spiro atoms. The van der Waals surface area contributed by atoms with Gasteiger partial charge in [0, 0.05) is 0 Å². The first-order valence-electron chi connectivity index (χ1n) is 4.51. The zero-order valence-electron chi connectivity index (χ0n) is 7.25. The van der Waals surface area contributed by atoms with Crippen LogP contribution in [0.4, 0.5) is 0 Å². The van der Waals surface area contributed by atoms with Gasteiger partial charge in [0.15, 0.2) is 23.8 Å². The molecule has 0 aromatic rings. The summed E-state index contributed by atoms with van der Waals surface area (Å²) in [7, 11) is 0. The average molecular weight is 192 g/mol. The molecule has 72 valence electrons. The number of hydrogen-bond donors (Lipinski definition) is 0. The summed E-state index contributed by atoms with van der Waals surface area (Å²) in [5.74, 6) is -0.188. The molecule has 3 aliphatic rings. The van der Waals surface area contributed by atoms with Crippen molar-refractivity contribution >= 4 is 11.6 Å². The molecule has 0 saturated carbocycles. The summed E-state index contributed by atoms with van der Waals surface area (Å²) in [5, 5.41) is 0. The van der Waals surface area contributed by atoms with E-state index in [0.29, 0.717) is 0 Å². The fourth-order valence-corrected chi connectivity index (χ4v) is 1.96. The Bertz CT molecular complexity index is 332. The quantitative estimate of drug-likeness (QED) is 0.532. The van der Waals surface area contributed by atoms with Crippen LogP contribution in [0.5, 0.6) is 0 Å². The Morgan fingerprint density at radius 2 is 1.29 bits per heavy atom. The average Bonchev–Trinajstić information content (AvgIpc) is 2.21. The third-order valence-electron chi connectivity index (χ3n) is 2.67. The number of hydrogen-bond acceptors (Lipinski definition) is 4. The maximum absolute atomic E-state index is 11.4. The number of rotatable bonds is 0. The molecule has 4 unspecified atom stereocenters. The van der Waals surface area contributed by atoms with Crippen molar-refractivity contribution in [2.75, 3.05) is 0 Å². The van der Waals surface area contributed by atoms with Gasteiger partial charge in [0.25, 0.3) is 0 Å². The predicted octanol–water partition coefficient (Wildman–Crippen LogP) is -0.215. The van der Waals surface area contributed by atoms with E-state index in [2.05, 4.69) is 0 Å². The van der Waals surface area contributed by atoms with Crippen LogP contribution in [0.25, 0.3) is 0 Å². The highest BCUT2D eigenvalue weighted by molar-refractivity contribution is 5.99. The number of carbonyl (C=O) groups is 2. The number of ether oxygens (including phenoxy) is 2. The van der Waals surface area contributed by atoms with Crippen LogP contribution in [-0.2, 0) is 19.1 Å². The summed E-state index contributed by atoms with van der Waals surface area (Å²) in [4.78, 5) is 22.8. The van der Waals surface area contributed by atoms with Crippen molar-refractivity contribution < 1.29 is 19.1 Å². The van der Waals surface area contributed by atoms with Gasteiger partial charge in [-0.3, -0.25) is 9.59 Å². The molecular formula is C10H8O4. The third kappa shape index (κ3) is 0.951. The highest BCUT2D eigenvalue weighted by Crippen LogP contribution is 2.29. The van der Waals surface area contributed by atoms with Crippen LogP contribution in [0.2, 0.25) is 0 Å². The number of carbonyl (C=O) groups excluding carboxylic acids is 2. The van der Waals surface area contributed by atoms with Crippen molar-refractivity contribution in [1.29, 1.82) is 0 Å². The van der Waals surface area contributed by atoms with Crippen LogP contribution in [0.15, 0.2) is 24.3 Å². The lowest BCUT2D eigenvalue weighted by molar-refractivity contribution is -0.198. The van der Waals surface area contributed by atoms with Gasteiger partial charge in [0.1, 0.15) is 12.2 Å². The first kappa shape index (κ1) is 8.08. The second-order valence-corrected chi connectivity index (χ2v) is 3.57. The molecule has 14 heavy (non-hydrogen) atoms. The zero-order valence-corrected chi connectivity index (χ0v) is 7.25. The zero-order chi connectivity index (χ0) is 9.71. The van der Waals surface area contributed by atoms with Crippen LogP contribution < -0.4 is 0 Å². The van der Waals surface area contributed by atoms with Gasteiger partial charge < -0.3 is 9.47 Å². The fourth-order valence-electron chi connectivity index (χ4n) is 1.96. The lowest BCUT2D eigenvalue weighted by Gasteiger charge is -2.41. The van der Waals surface area contributed by atoms with E-state index in [1.54, 1.807) is 12.2 Å². The Hall–Kier alpha value is -1.26. The molecule has 0 amide bonds. The Morgan fingerprint density at radius 1 is 0.857 bits per heavy atom. The van der Waals surface area contributed by atoms with Gasteiger partial charge in [-0.15, -0.1) is 0 Å². The topological polar surface area (TPSA) is 52.6 Å². The molecule has 0 aromatic carbocycles. The van der Waals surface area contributed by atoms with Gasteiger partial charge in [0.05, 0.1) is 0 Å². The maximum atomic E-state index is 11.4. The molecule has 4 bridgehead atoms. The lowest BCUT2D eigenvalue weighted by Crippen LogP contribution is -2.56. The Kier molecular flexibility index (Phi) is 1.51. The standard InChI is InChI=1S/C10H8O4/c11-5-1-3-7-10-6(12)2-4-8(14-10)9(5)13-7/h1-4,7-10H. The molecule has 4 atom stereocenters. The van der Waals surface area contributed by atoms with E-state index in [4.69, 9.17) is 9.47 Å². The van der Waals surface area contributed by atoms with Gasteiger partial charge in [-0.1, -0.05) is 0 Å². The van der Waals surface area contributed by atoms with Gasteiger partial charge in [-0.05, 0) is 24.3 Å². The second-order valence-electron chi connectivity index (χ2n) is 3.57. The van der Waals surface area contributed by atoms with Crippen LogP contribution in [-0.4, -0.2) is 36.0 Å². The summed E-state index contributed by atoms with van der Waals surface area (Å²) >= 11 is 0. The second kappa shape index (κ2) is 2.62. The Labute approximate surface area is 80.2 Å². The maximum Gasteiger partial charge on any atom is 0.187 e. The molecule has 4 heteroatoms. The molecule has 4 nitrogen and oxygen atoms in total. The van der Waals surface area contributed by atoms with E-state index in [0.717, 1.165) is 0 Å². The van der Waals surface area contributed by atoms with Crippen LogP contribution >= 0.6 is 0 Å². The number of fused-ring (bicyclic) bond motifs is 6. The van der Waals surface area contributed by atoms with Gasteiger partial charge in [0.2, 0.25) is 0 Å². The molecule has 3 rings (SSSR count). The summed E-state index contributed by atoms with van der Waals surface area (Å²) < 4.78 is 10.9. The van der Waals surface area contributed by atoms with E-state index in [1.165, 1.54) is 12.2 Å². The van der Waals surface area contributed by atoms with E-state index < -0.39 is 24.4 Å². The van der Waals surface area contributed by atoms with Crippen molar-refractivity contribution in [2.45, 2.75) is 24.4 Å². The van der Waals surface area contributed by atoms with Crippen molar-refractivity contribution in [1.82, 2.24) is 0 Å². The predicted molar refractivity (Wildman–Crippen MR) is 45.6 cm³/mol. The van der Waals surface area contributed by atoms with Gasteiger partial charge in [-0.25, -0.2) is 0 Å². The summed E-state index contributed by atoms with van der Waals surface area (Å²) in [6.07, 6.45) is 4.23. The monoisotopic (exact) mass is 192 g/mol. The van der Waals surface area contributed by atoms with Crippen LogP contribution in [0, 0.1) is 0 Å². The molecule has 3 aliphatic heterocycles. The minimum absolute atomic E-state index is 0.0938. The molecular weight excluding hydrogens is 184 g/mol. The van der Waals surface area contributed by atoms with Crippen molar-refractivity contribution in [2.24, 2.45) is 0 Å². The minimum Gasteiger partial charge on any atom is -0.356 e. The van der Waals surface area contributed by atoms with E-state index >= 15 is 0 Å². The molecule has 0 aliphatic carbocycles. The molecule has 0 N–H and O–H groups in total. The number of ketones is 2. The van der Waals surface area contributed by atoms with E-state index in [1.807, 2.05) is 0 Å². The largest absolute Gasteiger partial charge is 0.356 e. The smallest absolute Gasteiger partial charge is 0.187 e. The third-order valence-corrected chi connectivity index (χ3v) is 2.67. The van der Waals surface area contributed by atoms with E-state index in [-0.39, 0.29) is 11.6 Å². The van der Waals surface area contributed by atoms with E-state index in [9.17, 15) is 9.59 Å². The first-order chi connectivity index (χ1) is 6.75. The fraction of sp³-hybridized carbons (Fsp3) is 0.400. The van der Waals surface area contributed by atoms with Crippen molar-refractivity contribution in [3.63, 3.8) is 0 Å². The molecule has 1 saturated heterocycles. The Balaban J connectivity index is 2.06. The van der Waals surface area contributed by atoms with Crippen LogP contribution in [0.1, 0.15) is 0 Å². The Morgan fingerprint density at radius 3 is 1.71 bits per heavy atom. The molecule has 1 fully saturated rings. The molecule has 3 heterocycles. The summed E-state index contributed by atoms with van der Waals surface area (Å²) in [6.45, 7) is 0. The van der Waals surface area contributed by atoms with Gasteiger partial charge >= 0.3 is 0 Å². The van der Waals surface area contributed by atoms with Crippen molar-refractivity contribution in [3.05, 3.63) is 24.3 Å². The molecule has 0 aromatic heterocycles. The minimum atomic E-state index is -0.564. The van der Waals surface area contributed by atoms with Gasteiger partial charge in [-0.2, -0.15) is 0 Å². The summed E-state index contributed by atoms with van der Waals surface area (Å²) in [6, 6.07) is 0. The highest BCUT2D eigenvalue weighted by atomic mass is 16.6. The molecule has 0 radical (unpaired) electrons. The lowest BCUT2D eigenvalue weighted by atomic mass is 9.93. The van der Waals surface area contributed by atoms with Crippen molar-refractivity contribution in [3.8, 4) is 0 Å². The SMILES string of the molecule is O=C1C=CC2OC1C1C=CC(=O)C2O1. The highest BCUT2D eigenvalue weighted by Gasteiger charge is 2.46. The normalized spacial score (nSPS) is 44.3.